The molecule has 0 aliphatic carbocycles. The lowest BCUT2D eigenvalue weighted by Crippen LogP contribution is -2.28. The molecule has 17 heavy (non-hydrogen) atoms. The van der Waals surface area contributed by atoms with Crippen LogP contribution in [0.25, 0.3) is 0 Å². The van der Waals surface area contributed by atoms with Crippen molar-refractivity contribution in [2.75, 3.05) is 7.05 Å². The molecular formula is C14H19F2N. The van der Waals surface area contributed by atoms with E-state index in [0.717, 1.165) is 24.5 Å². The average Bonchev–Trinajstić information content (AvgIpc) is 2.26. The Hall–Kier alpha value is -1.22. The molecule has 94 valence electrons. The van der Waals surface area contributed by atoms with Gasteiger partial charge >= 0.3 is 0 Å². The van der Waals surface area contributed by atoms with E-state index in [0.29, 0.717) is 12.0 Å². The molecule has 0 aliphatic rings. The molecule has 0 radical (unpaired) electrons. The summed E-state index contributed by atoms with van der Waals surface area (Å²) in [5, 5.41) is 3.15. The van der Waals surface area contributed by atoms with Crippen LogP contribution in [0.5, 0.6) is 0 Å². The van der Waals surface area contributed by atoms with E-state index in [-0.39, 0.29) is 6.04 Å². The van der Waals surface area contributed by atoms with Gasteiger partial charge in [-0.05, 0) is 44.0 Å². The van der Waals surface area contributed by atoms with Gasteiger partial charge in [0, 0.05) is 12.1 Å². The maximum atomic E-state index is 13.0. The van der Waals surface area contributed by atoms with Crippen LogP contribution in [0.15, 0.2) is 30.4 Å². The van der Waals surface area contributed by atoms with E-state index in [1.54, 1.807) is 0 Å². The topological polar surface area (TPSA) is 12.0 Å². The molecule has 0 heterocycles. The lowest BCUT2D eigenvalue weighted by Gasteiger charge is -2.17. The lowest BCUT2D eigenvalue weighted by atomic mass is 9.98. The molecule has 1 unspecified atom stereocenters. The van der Waals surface area contributed by atoms with Crippen molar-refractivity contribution in [1.82, 2.24) is 5.32 Å². The van der Waals surface area contributed by atoms with Crippen LogP contribution >= 0.6 is 0 Å². The van der Waals surface area contributed by atoms with E-state index >= 15 is 0 Å². The van der Waals surface area contributed by atoms with Crippen LogP contribution in [-0.2, 0) is 6.42 Å². The summed E-state index contributed by atoms with van der Waals surface area (Å²) in [6.45, 7) is 6.00. The minimum Gasteiger partial charge on any atom is -0.316 e. The number of halogens is 2. The first kappa shape index (κ1) is 13.8. The number of rotatable bonds is 6. The number of benzene rings is 1. The van der Waals surface area contributed by atoms with Crippen molar-refractivity contribution in [2.24, 2.45) is 0 Å². The van der Waals surface area contributed by atoms with E-state index in [9.17, 15) is 8.78 Å². The Kier molecular flexibility index (Phi) is 5.29. The summed E-state index contributed by atoms with van der Waals surface area (Å²) >= 11 is 0. The van der Waals surface area contributed by atoms with Crippen molar-refractivity contribution in [3.8, 4) is 0 Å². The van der Waals surface area contributed by atoms with Gasteiger partial charge in [0.1, 0.15) is 11.6 Å². The van der Waals surface area contributed by atoms with Gasteiger partial charge in [0.05, 0.1) is 0 Å². The van der Waals surface area contributed by atoms with Gasteiger partial charge in [0.25, 0.3) is 0 Å². The Balaban J connectivity index is 2.70. The summed E-state index contributed by atoms with van der Waals surface area (Å²) in [6.07, 6.45) is 2.35. The van der Waals surface area contributed by atoms with Gasteiger partial charge in [-0.15, -0.1) is 0 Å². The third-order valence-electron chi connectivity index (χ3n) is 2.85. The largest absolute Gasteiger partial charge is 0.316 e. The second-order valence-corrected chi connectivity index (χ2v) is 4.28. The summed E-state index contributed by atoms with van der Waals surface area (Å²) < 4.78 is 26.1. The van der Waals surface area contributed by atoms with Crippen LogP contribution in [0.4, 0.5) is 8.78 Å². The normalized spacial score (nSPS) is 12.5. The zero-order chi connectivity index (χ0) is 12.8. The molecule has 1 nitrogen and oxygen atoms in total. The van der Waals surface area contributed by atoms with Crippen molar-refractivity contribution in [3.05, 3.63) is 47.5 Å². The molecular weight excluding hydrogens is 220 g/mol. The van der Waals surface area contributed by atoms with E-state index in [1.807, 2.05) is 7.05 Å². The zero-order valence-electron chi connectivity index (χ0n) is 10.4. The predicted molar refractivity (Wildman–Crippen MR) is 67.0 cm³/mol. The number of hydrogen-bond donors (Lipinski definition) is 1. The van der Waals surface area contributed by atoms with Gasteiger partial charge in [0.2, 0.25) is 0 Å². The van der Waals surface area contributed by atoms with Gasteiger partial charge in [0.15, 0.2) is 0 Å². The number of nitrogens with one attached hydrogen (secondary N) is 1. The Bertz CT molecular complexity index is 368. The van der Waals surface area contributed by atoms with Crippen LogP contribution in [0.1, 0.15) is 25.3 Å². The molecule has 1 atom stereocenters. The first-order valence-corrected chi connectivity index (χ1v) is 5.84. The molecule has 0 saturated carbocycles. The smallest absolute Gasteiger partial charge is 0.126 e. The maximum Gasteiger partial charge on any atom is 0.126 e. The Labute approximate surface area is 102 Å². The summed E-state index contributed by atoms with van der Waals surface area (Å²) in [5.74, 6) is -1.05. The zero-order valence-corrected chi connectivity index (χ0v) is 10.4. The molecule has 0 spiro atoms. The molecule has 0 aromatic heterocycles. The van der Waals surface area contributed by atoms with E-state index in [1.165, 1.54) is 12.1 Å². The first-order valence-electron chi connectivity index (χ1n) is 5.84. The summed E-state index contributed by atoms with van der Waals surface area (Å²) in [5.41, 5.74) is 1.81. The summed E-state index contributed by atoms with van der Waals surface area (Å²) in [6, 6.07) is 3.82. The fourth-order valence-corrected chi connectivity index (χ4v) is 1.78. The predicted octanol–water partition coefficient (Wildman–Crippen LogP) is 3.45. The number of likely N-dealkylation sites (N-methyl/N-ethyl adjacent to an activating group) is 1. The molecule has 1 aromatic carbocycles. The van der Waals surface area contributed by atoms with Gasteiger partial charge in [-0.2, -0.15) is 0 Å². The summed E-state index contributed by atoms with van der Waals surface area (Å²) in [4.78, 5) is 0. The van der Waals surface area contributed by atoms with Crippen molar-refractivity contribution in [1.29, 1.82) is 0 Å². The molecule has 1 N–H and O–H groups in total. The third kappa shape index (κ3) is 4.65. The lowest BCUT2D eigenvalue weighted by molar-refractivity contribution is 0.538. The molecule has 0 amide bonds. The van der Waals surface area contributed by atoms with Crippen LogP contribution in [0.3, 0.4) is 0 Å². The molecule has 1 rings (SSSR count). The van der Waals surface area contributed by atoms with E-state index in [2.05, 4.69) is 18.8 Å². The van der Waals surface area contributed by atoms with Crippen molar-refractivity contribution < 1.29 is 8.78 Å². The third-order valence-corrected chi connectivity index (χ3v) is 2.85. The van der Waals surface area contributed by atoms with E-state index in [4.69, 9.17) is 0 Å². The highest BCUT2D eigenvalue weighted by molar-refractivity contribution is 5.19. The molecule has 0 saturated heterocycles. The highest BCUT2D eigenvalue weighted by Gasteiger charge is 2.10. The minimum absolute atomic E-state index is 0.170. The fraction of sp³-hybridized carbons (Fsp3) is 0.429. The fourth-order valence-electron chi connectivity index (χ4n) is 1.78. The average molecular weight is 239 g/mol. The van der Waals surface area contributed by atoms with Crippen LogP contribution in [0, 0.1) is 11.6 Å². The van der Waals surface area contributed by atoms with Crippen LogP contribution in [-0.4, -0.2) is 13.1 Å². The second kappa shape index (κ2) is 6.50. The Morgan fingerprint density at radius 1 is 1.29 bits per heavy atom. The van der Waals surface area contributed by atoms with Gasteiger partial charge in [-0.1, -0.05) is 19.1 Å². The van der Waals surface area contributed by atoms with Crippen LogP contribution in [0.2, 0.25) is 0 Å². The van der Waals surface area contributed by atoms with Crippen molar-refractivity contribution in [2.45, 2.75) is 32.2 Å². The SMILES string of the molecule is C=C(CC)CC(Cc1cc(F)cc(F)c1)NC. The quantitative estimate of drug-likeness (QED) is 0.750. The summed E-state index contributed by atoms with van der Waals surface area (Å²) in [7, 11) is 1.85. The standard InChI is InChI=1S/C14H19F2N/c1-4-10(2)5-14(17-3)8-11-6-12(15)9-13(16)7-11/h6-7,9,14,17H,2,4-5,8H2,1,3H3. The van der Waals surface area contributed by atoms with Crippen molar-refractivity contribution >= 4 is 0 Å². The van der Waals surface area contributed by atoms with Gasteiger partial charge in [-0.25, -0.2) is 8.78 Å². The molecule has 0 bridgehead atoms. The highest BCUT2D eigenvalue weighted by atomic mass is 19.1. The van der Waals surface area contributed by atoms with Crippen molar-refractivity contribution in [3.63, 3.8) is 0 Å². The first-order chi connectivity index (χ1) is 8.05. The highest BCUT2D eigenvalue weighted by Crippen LogP contribution is 2.14. The molecule has 0 fully saturated rings. The van der Waals surface area contributed by atoms with Gasteiger partial charge in [-0.3, -0.25) is 0 Å². The maximum absolute atomic E-state index is 13.0. The minimum atomic E-state index is -0.524. The molecule has 1 aromatic rings. The molecule has 3 heteroatoms. The number of hydrogen-bond acceptors (Lipinski definition) is 1. The van der Waals surface area contributed by atoms with Crippen LogP contribution < -0.4 is 5.32 Å². The Morgan fingerprint density at radius 3 is 2.35 bits per heavy atom. The second-order valence-electron chi connectivity index (χ2n) is 4.28. The van der Waals surface area contributed by atoms with Gasteiger partial charge < -0.3 is 5.32 Å². The van der Waals surface area contributed by atoms with E-state index < -0.39 is 11.6 Å². The Morgan fingerprint density at radius 2 is 1.88 bits per heavy atom. The monoisotopic (exact) mass is 239 g/mol. The molecule has 0 aliphatic heterocycles.